The summed E-state index contributed by atoms with van der Waals surface area (Å²) in [5.74, 6) is -0.892. The number of halogens is 3. The summed E-state index contributed by atoms with van der Waals surface area (Å²) in [5.41, 5.74) is -3.21. The zero-order chi connectivity index (χ0) is 17.3. The van der Waals surface area contributed by atoms with Gasteiger partial charge >= 0.3 is 6.18 Å². The van der Waals surface area contributed by atoms with Crippen LogP contribution in [0.1, 0.15) is 11.1 Å². The van der Waals surface area contributed by atoms with E-state index in [1.807, 2.05) is 0 Å². The number of nitro groups is 1. The summed E-state index contributed by atoms with van der Waals surface area (Å²) in [7, 11) is -4.00. The van der Waals surface area contributed by atoms with E-state index >= 15 is 0 Å². The minimum Gasteiger partial charge on any atom is -0.258 e. The van der Waals surface area contributed by atoms with E-state index in [0.29, 0.717) is 6.07 Å². The minimum atomic E-state index is -4.95. The number of sulfone groups is 1. The van der Waals surface area contributed by atoms with Gasteiger partial charge in [0.05, 0.1) is 15.6 Å². The molecule has 0 aliphatic heterocycles. The van der Waals surface area contributed by atoms with Crippen molar-refractivity contribution >= 4 is 15.5 Å². The van der Waals surface area contributed by atoms with Gasteiger partial charge in [-0.3, -0.25) is 10.1 Å². The monoisotopic (exact) mass is 345 g/mol. The molecule has 2 aromatic carbocycles. The van der Waals surface area contributed by atoms with Crippen LogP contribution in [0.4, 0.5) is 18.9 Å². The van der Waals surface area contributed by atoms with Gasteiger partial charge in [0.1, 0.15) is 5.56 Å². The van der Waals surface area contributed by atoms with Crippen molar-refractivity contribution in [2.75, 3.05) is 0 Å². The molecule has 0 radical (unpaired) electrons. The summed E-state index contributed by atoms with van der Waals surface area (Å²) < 4.78 is 63.1. The zero-order valence-corrected chi connectivity index (χ0v) is 12.3. The van der Waals surface area contributed by atoms with Gasteiger partial charge in [-0.25, -0.2) is 8.42 Å². The number of benzene rings is 2. The second-order valence-electron chi connectivity index (χ2n) is 4.64. The molecule has 0 aromatic heterocycles. The molecule has 122 valence electrons. The summed E-state index contributed by atoms with van der Waals surface area (Å²) >= 11 is 0. The third kappa shape index (κ3) is 3.67. The van der Waals surface area contributed by atoms with E-state index in [1.54, 1.807) is 6.07 Å². The fourth-order valence-corrected chi connectivity index (χ4v) is 3.45. The standard InChI is InChI=1S/C14H10F3NO4S/c15-14(16,17)12-8-4-5-10(13(12)18(19)20)9-23(21,22)11-6-2-1-3-7-11/h1-8H,9H2. The third-order valence-electron chi connectivity index (χ3n) is 3.06. The molecular weight excluding hydrogens is 335 g/mol. The molecule has 2 rings (SSSR count). The predicted molar refractivity (Wildman–Crippen MR) is 75.4 cm³/mol. The molecule has 0 fully saturated rings. The molecule has 0 saturated carbocycles. The fraction of sp³-hybridized carbons (Fsp3) is 0.143. The molecule has 0 heterocycles. The first-order chi connectivity index (χ1) is 10.6. The maximum Gasteiger partial charge on any atom is 0.423 e. The van der Waals surface area contributed by atoms with Gasteiger partial charge in [0.15, 0.2) is 9.84 Å². The summed E-state index contributed by atoms with van der Waals surface area (Å²) in [4.78, 5) is 9.69. The Morgan fingerprint density at radius 3 is 2.13 bits per heavy atom. The van der Waals surface area contributed by atoms with Crippen LogP contribution in [0.15, 0.2) is 53.4 Å². The van der Waals surface area contributed by atoms with Gasteiger partial charge in [-0.05, 0) is 18.2 Å². The van der Waals surface area contributed by atoms with E-state index in [4.69, 9.17) is 0 Å². The molecule has 2 aromatic rings. The fourth-order valence-electron chi connectivity index (χ4n) is 2.07. The highest BCUT2D eigenvalue weighted by Gasteiger charge is 2.40. The second-order valence-corrected chi connectivity index (χ2v) is 6.63. The molecular formula is C14H10F3NO4S. The lowest BCUT2D eigenvalue weighted by Gasteiger charge is -2.11. The summed E-state index contributed by atoms with van der Waals surface area (Å²) in [6, 6.07) is 9.53. The van der Waals surface area contributed by atoms with Crippen LogP contribution in [-0.2, 0) is 21.8 Å². The molecule has 0 bridgehead atoms. The highest BCUT2D eigenvalue weighted by Crippen LogP contribution is 2.38. The maximum atomic E-state index is 12.9. The predicted octanol–water partition coefficient (Wildman–Crippen LogP) is 3.59. The first-order valence-corrected chi connectivity index (χ1v) is 7.89. The summed E-state index contributed by atoms with van der Waals surface area (Å²) in [6.45, 7) is 0. The van der Waals surface area contributed by atoms with Crippen LogP contribution < -0.4 is 0 Å². The van der Waals surface area contributed by atoms with Gasteiger partial charge in [-0.15, -0.1) is 0 Å². The lowest BCUT2D eigenvalue weighted by molar-refractivity contribution is -0.388. The van der Waals surface area contributed by atoms with E-state index in [0.717, 1.165) is 12.1 Å². The molecule has 0 unspecified atom stereocenters. The minimum absolute atomic E-state index is 0.119. The van der Waals surface area contributed by atoms with E-state index in [1.165, 1.54) is 24.3 Å². The zero-order valence-electron chi connectivity index (χ0n) is 11.4. The number of hydrogen-bond donors (Lipinski definition) is 0. The average Bonchev–Trinajstić information content (AvgIpc) is 2.46. The van der Waals surface area contributed by atoms with Gasteiger partial charge in [0, 0.05) is 5.56 Å². The van der Waals surface area contributed by atoms with Gasteiger partial charge in [-0.2, -0.15) is 13.2 Å². The van der Waals surface area contributed by atoms with Crippen LogP contribution in [0, 0.1) is 10.1 Å². The van der Waals surface area contributed by atoms with Gasteiger partial charge in [0.2, 0.25) is 0 Å². The Kier molecular flexibility index (Phi) is 4.42. The van der Waals surface area contributed by atoms with Crippen molar-refractivity contribution in [3.8, 4) is 0 Å². The van der Waals surface area contributed by atoms with Crippen molar-refractivity contribution in [3.63, 3.8) is 0 Å². The van der Waals surface area contributed by atoms with E-state index < -0.39 is 43.5 Å². The van der Waals surface area contributed by atoms with E-state index in [-0.39, 0.29) is 4.90 Å². The topological polar surface area (TPSA) is 77.3 Å². The smallest absolute Gasteiger partial charge is 0.258 e. The lowest BCUT2D eigenvalue weighted by Crippen LogP contribution is -2.13. The quantitative estimate of drug-likeness (QED) is 0.627. The van der Waals surface area contributed by atoms with Crippen LogP contribution in [-0.4, -0.2) is 13.3 Å². The molecule has 9 heteroatoms. The van der Waals surface area contributed by atoms with Crippen LogP contribution in [0.3, 0.4) is 0 Å². The van der Waals surface area contributed by atoms with Crippen LogP contribution >= 0.6 is 0 Å². The Morgan fingerprint density at radius 1 is 1.00 bits per heavy atom. The Hall–Kier alpha value is -2.42. The van der Waals surface area contributed by atoms with Crippen LogP contribution in [0.5, 0.6) is 0 Å². The van der Waals surface area contributed by atoms with E-state index in [2.05, 4.69) is 0 Å². The average molecular weight is 345 g/mol. The molecule has 0 atom stereocenters. The first kappa shape index (κ1) is 16.9. The van der Waals surface area contributed by atoms with Crippen molar-refractivity contribution in [1.82, 2.24) is 0 Å². The molecule has 0 spiro atoms. The van der Waals surface area contributed by atoms with Crippen LogP contribution in [0.25, 0.3) is 0 Å². The Morgan fingerprint density at radius 2 is 1.61 bits per heavy atom. The maximum absolute atomic E-state index is 12.9. The van der Waals surface area contributed by atoms with Crippen molar-refractivity contribution in [1.29, 1.82) is 0 Å². The highest BCUT2D eigenvalue weighted by atomic mass is 32.2. The lowest BCUT2D eigenvalue weighted by atomic mass is 10.1. The SMILES string of the molecule is O=[N+]([O-])c1c(CS(=O)(=O)c2ccccc2)cccc1C(F)(F)F. The number of alkyl halides is 3. The number of nitrogens with zero attached hydrogens (tertiary/aromatic N) is 1. The number of para-hydroxylation sites is 1. The van der Waals surface area contributed by atoms with E-state index in [9.17, 15) is 31.7 Å². The molecule has 0 saturated heterocycles. The Balaban J connectivity index is 2.55. The van der Waals surface area contributed by atoms with Crippen molar-refractivity contribution < 1.29 is 26.5 Å². The summed E-state index contributed by atoms with van der Waals surface area (Å²) in [5, 5.41) is 11.0. The normalized spacial score (nSPS) is 12.1. The third-order valence-corrected chi connectivity index (χ3v) is 4.74. The summed E-state index contributed by atoms with van der Waals surface area (Å²) in [6.07, 6.45) is -4.95. The molecule has 0 amide bonds. The number of rotatable bonds is 4. The van der Waals surface area contributed by atoms with Crippen molar-refractivity contribution in [3.05, 3.63) is 69.8 Å². The van der Waals surface area contributed by atoms with Crippen molar-refractivity contribution in [2.45, 2.75) is 16.8 Å². The Bertz CT molecular complexity index is 833. The molecule has 0 aliphatic rings. The highest BCUT2D eigenvalue weighted by molar-refractivity contribution is 7.90. The number of nitro benzene ring substituents is 1. The van der Waals surface area contributed by atoms with Gasteiger partial charge in [0.25, 0.3) is 5.69 Å². The number of hydrogen-bond acceptors (Lipinski definition) is 4. The second kappa shape index (κ2) is 5.99. The molecule has 0 N–H and O–H groups in total. The molecule has 23 heavy (non-hydrogen) atoms. The molecule has 0 aliphatic carbocycles. The van der Waals surface area contributed by atoms with Crippen LogP contribution in [0.2, 0.25) is 0 Å². The van der Waals surface area contributed by atoms with Crippen molar-refractivity contribution in [2.24, 2.45) is 0 Å². The molecule has 5 nitrogen and oxygen atoms in total. The van der Waals surface area contributed by atoms with Gasteiger partial charge in [-0.1, -0.05) is 30.3 Å². The van der Waals surface area contributed by atoms with Gasteiger partial charge < -0.3 is 0 Å². The largest absolute Gasteiger partial charge is 0.423 e. The Labute approximate surface area is 129 Å². The first-order valence-electron chi connectivity index (χ1n) is 6.24.